The van der Waals surface area contributed by atoms with Gasteiger partial charge in [0.25, 0.3) is 5.91 Å². The molecule has 1 aliphatic rings. The van der Waals surface area contributed by atoms with Gasteiger partial charge in [0.2, 0.25) is 5.91 Å². The summed E-state index contributed by atoms with van der Waals surface area (Å²) in [5.74, 6) is 0.522. The lowest BCUT2D eigenvalue weighted by Crippen LogP contribution is -2.45. The normalized spacial score (nSPS) is 17.0. The van der Waals surface area contributed by atoms with E-state index in [2.05, 4.69) is 15.4 Å². The van der Waals surface area contributed by atoms with Crippen LogP contribution in [-0.4, -0.2) is 48.6 Å². The number of amides is 2. The smallest absolute Gasteiger partial charge is 0.275 e. The van der Waals surface area contributed by atoms with E-state index in [4.69, 9.17) is 0 Å². The van der Waals surface area contributed by atoms with Gasteiger partial charge in [0.1, 0.15) is 5.82 Å². The molecule has 0 saturated carbocycles. The zero-order chi connectivity index (χ0) is 18.3. The fraction of sp³-hybridized carbons (Fsp3) is 0.333. The van der Waals surface area contributed by atoms with Crippen molar-refractivity contribution in [2.24, 2.45) is 7.05 Å². The van der Waals surface area contributed by atoms with Crippen LogP contribution in [0.25, 0.3) is 10.9 Å². The van der Waals surface area contributed by atoms with E-state index in [1.54, 1.807) is 15.8 Å². The second kappa shape index (κ2) is 6.29. The van der Waals surface area contributed by atoms with E-state index < -0.39 is 0 Å². The van der Waals surface area contributed by atoms with Gasteiger partial charge in [0.15, 0.2) is 5.69 Å². The number of nitrogens with zero attached hydrogens (tertiary/aromatic N) is 5. The Bertz CT molecular complexity index is 989. The monoisotopic (exact) mass is 352 g/mol. The first-order valence-corrected chi connectivity index (χ1v) is 8.51. The summed E-state index contributed by atoms with van der Waals surface area (Å²) in [5.41, 5.74) is 1.33. The average Bonchev–Trinajstić information content (AvgIpc) is 3.13. The maximum atomic E-state index is 13.2. The van der Waals surface area contributed by atoms with Crippen molar-refractivity contribution in [2.75, 3.05) is 6.54 Å². The van der Waals surface area contributed by atoms with Crippen LogP contribution in [0.4, 0.5) is 0 Å². The number of fused-ring (bicyclic) bond motifs is 2. The van der Waals surface area contributed by atoms with Crippen molar-refractivity contribution in [3.8, 4) is 0 Å². The number of hydrogen-bond acceptors (Lipinski definition) is 4. The van der Waals surface area contributed by atoms with Gasteiger partial charge in [-0.05, 0) is 6.07 Å². The molecule has 1 N–H and O–H groups in total. The van der Waals surface area contributed by atoms with Crippen molar-refractivity contribution < 1.29 is 9.59 Å². The number of aryl methyl sites for hydroxylation is 1. The third-order valence-corrected chi connectivity index (χ3v) is 4.65. The molecule has 0 saturated heterocycles. The van der Waals surface area contributed by atoms with Crippen LogP contribution in [-0.2, 0) is 24.9 Å². The minimum atomic E-state index is -0.179. The summed E-state index contributed by atoms with van der Waals surface area (Å²) >= 11 is 0. The van der Waals surface area contributed by atoms with E-state index in [1.165, 1.54) is 6.92 Å². The van der Waals surface area contributed by atoms with Crippen molar-refractivity contribution in [1.29, 1.82) is 0 Å². The molecule has 0 radical (unpaired) electrons. The number of rotatable bonds is 2. The Hall–Kier alpha value is -3.16. The molecule has 4 rings (SSSR count). The molecule has 0 spiro atoms. The van der Waals surface area contributed by atoms with Gasteiger partial charge in [0, 0.05) is 44.8 Å². The number of hydrogen-bond donors (Lipinski definition) is 1. The molecule has 2 aromatic heterocycles. The van der Waals surface area contributed by atoms with Crippen LogP contribution in [0.2, 0.25) is 0 Å². The maximum Gasteiger partial charge on any atom is 0.275 e. The van der Waals surface area contributed by atoms with E-state index >= 15 is 0 Å². The largest absolute Gasteiger partial charge is 0.350 e. The molecule has 134 valence electrons. The van der Waals surface area contributed by atoms with Crippen LogP contribution in [0.5, 0.6) is 0 Å². The highest BCUT2D eigenvalue weighted by molar-refractivity contribution is 6.04. The summed E-state index contributed by atoms with van der Waals surface area (Å²) in [4.78, 5) is 30.9. The van der Waals surface area contributed by atoms with Gasteiger partial charge in [-0.2, -0.15) is 5.10 Å². The molecule has 1 aromatic carbocycles. The number of carbonyl (C=O) groups is 2. The minimum absolute atomic E-state index is 0.116. The van der Waals surface area contributed by atoms with Gasteiger partial charge in [-0.15, -0.1) is 0 Å². The second-order valence-electron chi connectivity index (χ2n) is 6.57. The van der Waals surface area contributed by atoms with Crippen molar-refractivity contribution in [1.82, 2.24) is 29.5 Å². The summed E-state index contributed by atoms with van der Waals surface area (Å²) in [5, 5.41) is 8.18. The maximum absolute atomic E-state index is 13.2. The molecular weight excluding hydrogens is 332 g/mol. The van der Waals surface area contributed by atoms with E-state index in [9.17, 15) is 9.59 Å². The van der Waals surface area contributed by atoms with Crippen LogP contribution >= 0.6 is 0 Å². The highest BCUT2D eigenvalue weighted by Gasteiger charge is 2.29. The van der Waals surface area contributed by atoms with Crippen LogP contribution < -0.4 is 5.32 Å². The second-order valence-corrected chi connectivity index (χ2v) is 6.57. The Morgan fingerprint density at radius 1 is 1.23 bits per heavy atom. The first kappa shape index (κ1) is 16.3. The zero-order valence-electron chi connectivity index (χ0n) is 14.7. The fourth-order valence-corrected chi connectivity index (χ4v) is 3.51. The summed E-state index contributed by atoms with van der Waals surface area (Å²) < 4.78 is 3.69. The molecule has 0 fully saturated rings. The zero-order valence-corrected chi connectivity index (χ0v) is 14.7. The lowest BCUT2D eigenvalue weighted by atomic mass is 10.2. The first-order chi connectivity index (χ1) is 12.5. The molecule has 0 bridgehead atoms. The molecule has 1 unspecified atom stereocenters. The standard InChI is InChI=1S/C18H20N6O2/c1-12(25)20-13-9-23-8-7-19-16(23)11-24(10-13)18(26)17-14-5-3-4-6-15(14)22(2)21-17/h3-8,13H,9-11H2,1-2H3,(H,20,25). The predicted molar refractivity (Wildman–Crippen MR) is 95.3 cm³/mol. The molecule has 1 aliphatic heterocycles. The van der Waals surface area contributed by atoms with Crippen molar-refractivity contribution in [3.05, 3.63) is 48.2 Å². The van der Waals surface area contributed by atoms with E-state index in [-0.39, 0.29) is 17.9 Å². The van der Waals surface area contributed by atoms with Gasteiger partial charge < -0.3 is 14.8 Å². The molecule has 26 heavy (non-hydrogen) atoms. The highest BCUT2D eigenvalue weighted by atomic mass is 16.2. The van der Waals surface area contributed by atoms with Gasteiger partial charge in [-0.3, -0.25) is 14.3 Å². The SMILES string of the molecule is CC(=O)NC1CN(C(=O)c2nn(C)c3ccccc23)Cc2nccn2C1. The van der Waals surface area contributed by atoms with Crippen molar-refractivity contribution in [3.63, 3.8) is 0 Å². The fourth-order valence-electron chi connectivity index (χ4n) is 3.51. The quantitative estimate of drug-likeness (QED) is 0.744. The summed E-state index contributed by atoms with van der Waals surface area (Å²) in [6.45, 7) is 2.86. The van der Waals surface area contributed by atoms with Gasteiger partial charge in [0.05, 0.1) is 18.1 Å². The molecule has 8 nitrogen and oxygen atoms in total. The Labute approximate surface area is 150 Å². The molecule has 2 amide bonds. The molecule has 3 heterocycles. The van der Waals surface area contributed by atoms with Crippen molar-refractivity contribution >= 4 is 22.7 Å². The third kappa shape index (κ3) is 2.83. The number of imidazole rings is 1. The Morgan fingerprint density at radius 3 is 2.85 bits per heavy atom. The Morgan fingerprint density at radius 2 is 2.04 bits per heavy atom. The van der Waals surface area contributed by atoms with Gasteiger partial charge in [-0.1, -0.05) is 18.2 Å². The number of nitrogens with one attached hydrogen (secondary N) is 1. The summed E-state index contributed by atoms with van der Waals surface area (Å²) in [6.07, 6.45) is 3.58. The van der Waals surface area contributed by atoms with E-state index in [1.807, 2.05) is 42.1 Å². The van der Waals surface area contributed by atoms with Gasteiger partial charge in [-0.25, -0.2) is 4.98 Å². The minimum Gasteiger partial charge on any atom is -0.350 e. The van der Waals surface area contributed by atoms with E-state index in [0.29, 0.717) is 25.3 Å². The first-order valence-electron chi connectivity index (χ1n) is 8.51. The number of benzene rings is 1. The summed E-state index contributed by atoms with van der Waals surface area (Å²) in [7, 11) is 1.83. The number of para-hydroxylation sites is 1. The summed E-state index contributed by atoms with van der Waals surface area (Å²) in [6, 6.07) is 7.49. The highest BCUT2D eigenvalue weighted by Crippen LogP contribution is 2.21. The number of carbonyl (C=O) groups excluding carboxylic acids is 2. The molecule has 0 aliphatic carbocycles. The molecule has 8 heteroatoms. The topological polar surface area (TPSA) is 85.1 Å². The Balaban J connectivity index is 1.70. The Kier molecular flexibility index (Phi) is 3.95. The average molecular weight is 352 g/mol. The van der Waals surface area contributed by atoms with Crippen LogP contribution in [0.3, 0.4) is 0 Å². The van der Waals surface area contributed by atoms with Gasteiger partial charge >= 0.3 is 0 Å². The van der Waals surface area contributed by atoms with Crippen LogP contribution in [0.1, 0.15) is 23.2 Å². The van der Waals surface area contributed by atoms with Crippen molar-refractivity contribution in [2.45, 2.75) is 26.1 Å². The lowest BCUT2D eigenvalue weighted by molar-refractivity contribution is -0.119. The lowest BCUT2D eigenvalue weighted by Gasteiger charge is -2.23. The predicted octanol–water partition coefficient (Wildman–Crippen LogP) is 0.930. The molecule has 1 atom stereocenters. The third-order valence-electron chi connectivity index (χ3n) is 4.65. The van der Waals surface area contributed by atoms with E-state index in [0.717, 1.165) is 16.7 Å². The molecular formula is C18H20N6O2. The van der Waals surface area contributed by atoms with Crippen LogP contribution in [0.15, 0.2) is 36.7 Å². The number of aromatic nitrogens is 4. The van der Waals surface area contributed by atoms with Crippen LogP contribution in [0, 0.1) is 0 Å². The molecule has 3 aromatic rings.